The molecule has 0 saturated carbocycles. The molecule has 1 aromatic carbocycles. The van der Waals surface area contributed by atoms with Crippen LogP contribution < -0.4 is 20.9 Å². The molecule has 3 N–H and O–H groups in total. The van der Waals surface area contributed by atoms with Gasteiger partial charge in [-0.05, 0) is 91.4 Å². The summed E-state index contributed by atoms with van der Waals surface area (Å²) in [5.74, 6) is 0.541. The monoisotopic (exact) mass is 447 g/mol. The lowest BCUT2D eigenvalue weighted by Crippen LogP contribution is -2.43. The van der Waals surface area contributed by atoms with Gasteiger partial charge in [-0.1, -0.05) is 29.0 Å². The van der Waals surface area contributed by atoms with Crippen molar-refractivity contribution in [2.45, 2.75) is 0 Å². The van der Waals surface area contributed by atoms with E-state index in [0.29, 0.717) is 9.99 Å². The third kappa shape index (κ3) is 13.6. The lowest BCUT2D eigenvalue weighted by Gasteiger charge is -2.11. The Morgan fingerprint density at radius 1 is 0.935 bits per heavy atom. The number of thiophene rings is 1. The summed E-state index contributed by atoms with van der Waals surface area (Å²) in [6.07, 6.45) is 0. The van der Waals surface area contributed by atoms with E-state index in [0.717, 1.165) is 11.4 Å². The molecule has 0 aliphatic heterocycles. The SMILES string of the molecule is C=C=C=C.C=C=C=C=C=C=C.COc1ccc(NC(=S)NNC(=O)c2cccs2)cc1. The minimum atomic E-state index is -0.223. The summed E-state index contributed by atoms with van der Waals surface area (Å²) in [6.45, 7) is 12.9. The van der Waals surface area contributed by atoms with E-state index in [9.17, 15) is 4.79 Å². The van der Waals surface area contributed by atoms with Crippen molar-refractivity contribution in [2.24, 2.45) is 0 Å². The Hall–Kier alpha value is -4.18. The van der Waals surface area contributed by atoms with Crippen LogP contribution in [0, 0.1) is 0 Å². The highest BCUT2D eigenvalue weighted by atomic mass is 32.1. The minimum Gasteiger partial charge on any atom is -0.497 e. The highest BCUT2D eigenvalue weighted by molar-refractivity contribution is 7.80. The number of carbonyl (C=O) groups excluding carboxylic acids is 1. The van der Waals surface area contributed by atoms with Gasteiger partial charge in [0.1, 0.15) is 5.75 Å². The van der Waals surface area contributed by atoms with Crippen LogP contribution in [0.25, 0.3) is 0 Å². The van der Waals surface area contributed by atoms with Crippen molar-refractivity contribution in [3.63, 3.8) is 0 Å². The van der Waals surface area contributed by atoms with Crippen molar-refractivity contribution in [3.8, 4) is 5.75 Å². The molecule has 0 spiro atoms. The maximum Gasteiger partial charge on any atom is 0.279 e. The number of rotatable bonds is 3. The van der Waals surface area contributed by atoms with E-state index in [-0.39, 0.29) is 5.91 Å². The lowest BCUT2D eigenvalue weighted by atomic mass is 10.3. The van der Waals surface area contributed by atoms with E-state index < -0.39 is 0 Å². The third-order valence-corrected chi connectivity index (χ3v) is 3.88. The molecule has 0 aliphatic rings. The number of benzene rings is 1. The molecule has 2 aromatic rings. The molecule has 5 nitrogen and oxygen atoms in total. The molecular weight excluding hydrogens is 426 g/mol. The summed E-state index contributed by atoms with van der Waals surface area (Å²) < 4.78 is 5.06. The van der Waals surface area contributed by atoms with Crippen LogP contribution in [0.15, 0.2) is 108 Å². The zero-order chi connectivity index (χ0) is 23.3. The molecule has 0 atom stereocenters. The number of nitrogens with one attached hydrogen (secondary N) is 3. The highest BCUT2D eigenvalue weighted by Crippen LogP contribution is 2.14. The van der Waals surface area contributed by atoms with Crippen LogP contribution >= 0.6 is 23.6 Å². The molecule has 0 aliphatic carbocycles. The topological polar surface area (TPSA) is 62.4 Å². The van der Waals surface area contributed by atoms with Gasteiger partial charge in [0.25, 0.3) is 5.91 Å². The maximum absolute atomic E-state index is 11.7. The number of hydrogen-bond acceptors (Lipinski definition) is 4. The second kappa shape index (κ2) is 17.9. The van der Waals surface area contributed by atoms with Crippen molar-refractivity contribution >= 4 is 40.3 Å². The zero-order valence-corrected chi connectivity index (χ0v) is 18.6. The van der Waals surface area contributed by atoms with Gasteiger partial charge in [0.05, 0.1) is 12.0 Å². The van der Waals surface area contributed by atoms with Crippen molar-refractivity contribution in [2.75, 3.05) is 12.4 Å². The van der Waals surface area contributed by atoms with Crippen molar-refractivity contribution in [1.29, 1.82) is 0 Å². The predicted molar refractivity (Wildman–Crippen MR) is 131 cm³/mol. The molecule has 31 heavy (non-hydrogen) atoms. The lowest BCUT2D eigenvalue weighted by molar-refractivity contribution is 0.0948. The first-order valence-corrected chi connectivity index (χ1v) is 9.69. The molecule has 0 radical (unpaired) electrons. The number of anilines is 1. The fraction of sp³-hybridized carbons (Fsp3) is 0.0417. The number of methoxy groups -OCH3 is 1. The van der Waals surface area contributed by atoms with Gasteiger partial charge in [-0.3, -0.25) is 15.6 Å². The van der Waals surface area contributed by atoms with Crippen LogP contribution in [0.5, 0.6) is 5.75 Å². The Morgan fingerprint density at radius 2 is 1.55 bits per heavy atom. The van der Waals surface area contributed by atoms with Gasteiger partial charge >= 0.3 is 0 Å². The van der Waals surface area contributed by atoms with Crippen LogP contribution in [0.2, 0.25) is 0 Å². The normalized spacial score (nSPS) is 7.39. The van der Waals surface area contributed by atoms with Gasteiger partial charge in [-0.2, -0.15) is 0 Å². The largest absolute Gasteiger partial charge is 0.497 e. The molecule has 7 heteroatoms. The average molecular weight is 448 g/mol. The van der Waals surface area contributed by atoms with Crippen LogP contribution in [0.1, 0.15) is 9.67 Å². The number of hydrogen-bond donors (Lipinski definition) is 3. The summed E-state index contributed by atoms with van der Waals surface area (Å²) in [7, 11) is 1.61. The van der Waals surface area contributed by atoms with Crippen molar-refractivity contribution in [1.82, 2.24) is 10.9 Å². The summed E-state index contributed by atoms with van der Waals surface area (Å²) >= 11 is 6.44. The van der Waals surface area contributed by atoms with E-state index in [4.69, 9.17) is 17.0 Å². The average Bonchev–Trinajstić information content (AvgIpc) is 3.34. The minimum absolute atomic E-state index is 0.223. The first-order valence-electron chi connectivity index (χ1n) is 8.40. The van der Waals surface area contributed by atoms with Gasteiger partial charge in [0.15, 0.2) is 5.11 Å². The van der Waals surface area contributed by atoms with Gasteiger partial charge in [-0.15, -0.1) is 11.3 Å². The van der Waals surface area contributed by atoms with Crippen LogP contribution in [0.4, 0.5) is 5.69 Å². The molecule has 156 valence electrons. The standard InChI is InChI=1S/C13H13N3O2S2.C7H4.C4H4/c1-18-10-6-4-9(5-7-10)14-13(19)16-15-12(17)11-3-2-8-20-11;1-3-5-7-6-4-2;1-3-4-2/h2-8H,1H3,(H,15,17)(H2,14,16,19);1-2H2;1-2H2. The Balaban J connectivity index is 0.000000681. The Bertz CT molecular complexity index is 1060. The number of ether oxygens (including phenoxy) is 1. The second-order valence-electron chi connectivity index (χ2n) is 4.82. The number of carbonyl (C=O) groups is 1. The van der Waals surface area contributed by atoms with Crippen molar-refractivity contribution < 1.29 is 9.53 Å². The zero-order valence-electron chi connectivity index (χ0n) is 17.0. The van der Waals surface area contributed by atoms with E-state index in [1.807, 2.05) is 35.7 Å². The number of thiocarbonyl (C=S) groups is 1. The summed E-state index contributed by atoms with van der Waals surface area (Å²) in [5, 5.41) is 5.09. The first kappa shape index (κ1) is 26.8. The maximum atomic E-state index is 11.7. The van der Waals surface area contributed by atoms with Crippen LogP contribution in [-0.2, 0) is 0 Å². The van der Waals surface area contributed by atoms with E-state index >= 15 is 0 Å². The molecule has 0 saturated heterocycles. The predicted octanol–water partition coefficient (Wildman–Crippen LogP) is 5.08. The van der Waals surface area contributed by atoms with E-state index in [1.165, 1.54) is 11.3 Å². The Kier molecular flexibility index (Phi) is 15.5. The fourth-order valence-corrected chi connectivity index (χ4v) is 2.33. The third-order valence-electron chi connectivity index (χ3n) is 2.81. The molecule has 0 bridgehead atoms. The van der Waals surface area contributed by atoms with Gasteiger partial charge < -0.3 is 10.1 Å². The molecule has 0 fully saturated rings. The molecular formula is C24H21N3O2S2. The molecule has 2 rings (SSSR count). The Morgan fingerprint density at radius 3 is 2.00 bits per heavy atom. The van der Waals surface area contributed by atoms with Gasteiger partial charge in [0.2, 0.25) is 0 Å². The molecule has 1 aromatic heterocycles. The molecule has 1 heterocycles. The molecule has 1 amide bonds. The fourth-order valence-electron chi connectivity index (χ4n) is 1.54. The summed E-state index contributed by atoms with van der Waals surface area (Å²) in [4.78, 5) is 12.3. The van der Waals surface area contributed by atoms with Gasteiger partial charge in [0, 0.05) is 5.69 Å². The van der Waals surface area contributed by atoms with Crippen LogP contribution in [-0.4, -0.2) is 18.1 Å². The number of hydrazine groups is 1. The van der Waals surface area contributed by atoms with Crippen molar-refractivity contribution in [3.05, 3.63) is 113 Å². The number of amides is 1. The Labute approximate surface area is 191 Å². The second-order valence-corrected chi connectivity index (χ2v) is 6.18. The summed E-state index contributed by atoms with van der Waals surface area (Å²) in [6, 6.07) is 10.8. The summed E-state index contributed by atoms with van der Waals surface area (Å²) in [5.41, 5.74) is 22.6. The van der Waals surface area contributed by atoms with E-state index in [2.05, 4.69) is 82.6 Å². The van der Waals surface area contributed by atoms with E-state index in [1.54, 1.807) is 13.2 Å². The first-order chi connectivity index (χ1) is 15.0. The smallest absolute Gasteiger partial charge is 0.279 e. The van der Waals surface area contributed by atoms with Gasteiger partial charge in [-0.25, -0.2) is 0 Å². The van der Waals surface area contributed by atoms with Crippen LogP contribution in [0.3, 0.4) is 0 Å². The quantitative estimate of drug-likeness (QED) is 0.348. The highest BCUT2D eigenvalue weighted by Gasteiger charge is 2.06. The molecule has 0 unspecified atom stereocenters.